The van der Waals surface area contributed by atoms with Gasteiger partial charge >= 0.3 is 0 Å². The van der Waals surface area contributed by atoms with E-state index in [0.29, 0.717) is 6.54 Å². The van der Waals surface area contributed by atoms with Crippen LogP contribution in [0.1, 0.15) is 6.92 Å². The van der Waals surface area contributed by atoms with E-state index in [2.05, 4.69) is 10.6 Å². The van der Waals surface area contributed by atoms with E-state index in [9.17, 15) is 13.6 Å². The summed E-state index contributed by atoms with van der Waals surface area (Å²) in [5.41, 5.74) is 0.256. The Balaban J connectivity index is 2.66. The number of benzene rings is 1. The molecular formula is C11H14F2N2O. The summed E-state index contributed by atoms with van der Waals surface area (Å²) in [6, 6.07) is 3.26. The molecule has 16 heavy (non-hydrogen) atoms. The lowest BCUT2D eigenvalue weighted by Crippen LogP contribution is -2.28. The zero-order valence-electron chi connectivity index (χ0n) is 9.18. The molecule has 0 spiro atoms. The Labute approximate surface area is 92.8 Å². The molecule has 0 saturated heterocycles. The first-order chi connectivity index (χ1) is 7.54. The van der Waals surface area contributed by atoms with Crippen molar-refractivity contribution in [3.8, 4) is 0 Å². The summed E-state index contributed by atoms with van der Waals surface area (Å²) in [6.45, 7) is 2.27. The van der Waals surface area contributed by atoms with Gasteiger partial charge in [0.2, 0.25) is 5.91 Å². The van der Waals surface area contributed by atoms with Crippen molar-refractivity contribution in [3.05, 3.63) is 29.8 Å². The number of carbonyl (C=O) groups excluding carboxylic acids is 1. The summed E-state index contributed by atoms with van der Waals surface area (Å²) in [4.78, 5) is 11.5. The summed E-state index contributed by atoms with van der Waals surface area (Å²) in [5, 5.41) is 5.37. The lowest BCUT2D eigenvalue weighted by atomic mass is 10.1. The van der Waals surface area contributed by atoms with E-state index in [0.717, 1.165) is 12.1 Å². The molecule has 1 amide bonds. The zero-order valence-corrected chi connectivity index (χ0v) is 9.18. The fraction of sp³-hybridized carbons (Fsp3) is 0.364. The summed E-state index contributed by atoms with van der Waals surface area (Å²) in [5.74, 6) is -2.38. The van der Waals surface area contributed by atoms with Crippen molar-refractivity contribution in [1.82, 2.24) is 5.32 Å². The third-order valence-corrected chi connectivity index (χ3v) is 2.15. The number of amides is 1. The standard InChI is InChI=1S/C11H14F2N2O/c1-7(6-14-2)11(16)15-8-3-4-9(12)10(13)5-8/h3-5,7,14H,6H2,1-2H3,(H,15,16). The quantitative estimate of drug-likeness (QED) is 0.824. The number of hydrogen-bond donors (Lipinski definition) is 2. The molecule has 5 heteroatoms. The van der Waals surface area contributed by atoms with Gasteiger partial charge in [-0.05, 0) is 19.2 Å². The van der Waals surface area contributed by atoms with Gasteiger partial charge in [0.05, 0.1) is 0 Å². The minimum absolute atomic E-state index is 0.236. The average Bonchev–Trinajstić information content (AvgIpc) is 2.24. The van der Waals surface area contributed by atoms with E-state index in [1.807, 2.05) is 0 Å². The average molecular weight is 228 g/mol. The van der Waals surface area contributed by atoms with Crippen molar-refractivity contribution >= 4 is 11.6 Å². The van der Waals surface area contributed by atoms with Crippen LogP contribution in [-0.4, -0.2) is 19.5 Å². The maximum absolute atomic E-state index is 12.8. The van der Waals surface area contributed by atoms with E-state index in [4.69, 9.17) is 0 Å². The van der Waals surface area contributed by atoms with Gasteiger partial charge in [0.15, 0.2) is 11.6 Å². The Bertz CT molecular complexity index is 382. The highest BCUT2D eigenvalue weighted by Crippen LogP contribution is 2.13. The van der Waals surface area contributed by atoms with Crippen LogP contribution >= 0.6 is 0 Å². The van der Waals surface area contributed by atoms with Gasteiger partial charge in [0, 0.05) is 24.2 Å². The van der Waals surface area contributed by atoms with Crippen LogP contribution in [0.5, 0.6) is 0 Å². The van der Waals surface area contributed by atoms with Gasteiger partial charge in [-0.3, -0.25) is 4.79 Å². The Kier molecular flexibility index (Phi) is 4.37. The van der Waals surface area contributed by atoms with Crippen molar-refractivity contribution in [2.75, 3.05) is 18.9 Å². The van der Waals surface area contributed by atoms with Gasteiger partial charge in [-0.25, -0.2) is 8.78 Å². The van der Waals surface area contributed by atoms with Gasteiger partial charge in [-0.15, -0.1) is 0 Å². The lowest BCUT2D eigenvalue weighted by molar-refractivity contribution is -0.119. The van der Waals surface area contributed by atoms with E-state index in [-0.39, 0.29) is 17.5 Å². The van der Waals surface area contributed by atoms with E-state index in [1.54, 1.807) is 14.0 Å². The van der Waals surface area contributed by atoms with Crippen molar-refractivity contribution < 1.29 is 13.6 Å². The highest BCUT2D eigenvalue weighted by atomic mass is 19.2. The van der Waals surface area contributed by atoms with Crippen LogP contribution in [0.15, 0.2) is 18.2 Å². The summed E-state index contributed by atoms with van der Waals surface area (Å²) in [7, 11) is 1.74. The third kappa shape index (κ3) is 3.27. The molecule has 0 aliphatic heterocycles. The number of hydrogen-bond acceptors (Lipinski definition) is 2. The third-order valence-electron chi connectivity index (χ3n) is 2.15. The van der Waals surface area contributed by atoms with Gasteiger partial charge in [0.25, 0.3) is 0 Å². The molecule has 3 nitrogen and oxygen atoms in total. The second kappa shape index (κ2) is 5.55. The smallest absolute Gasteiger partial charge is 0.228 e. The molecule has 0 bridgehead atoms. The maximum Gasteiger partial charge on any atom is 0.228 e. The number of halogens is 2. The zero-order chi connectivity index (χ0) is 12.1. The first kappa shape index (κ1) is 12.6. The molecular weight excluding hydrogens is 214 g/mol. The summed E-state index contributed by atoms with van der Waals surface area (Å²) < 4.78 is 25.5. The van der Waals surface area contributed by atoms with Crippen LogP contribution in [0.2, 0.25) is 0 Å². The first-order valence-corrected chi connectivity index (χ1v) is 4.95. The van der Waals surface area contributed by atoms with Crippen molar-refractivity contribution in [2.45, 2.75) is 6.92 Å². The fourth-order valence-corrected chi connectivity index (χ4v) is 1.24. The van der Waals surface area contributed by atoms with Gasteiger partial charge in [-0.2, -0.15) is 0 Å². The second-order valence-electron chi connectivity index (χ2n) is 3.58. The summed E-state index contributed by atoms with van der Waals surface area (Å²) >= 11 is 0. The fourth-order valence-electron chi connectivity index (χ4n) is 1.24. The SMILES string of the molecule is CNCC(C)C(=O)Nc1ccc(F)c(F)c1. The highest BCUT2D eigenvalue weighted by Gasteiger charge is 2.12. The molecule has 0 fully saturated rings. The maximum atomic E-state index is 12.8. The molecule has 0 saturated carbocycles. The van der Waals surface area contributed by atoms with Crippen LogP contribution in [0.25, 0.3) is 0 Å². The topological polar surface area (TPSA) is 41.1 Å². The van der Waals surface area contributed by atoms with E-state index in [1.165, 1.54) is 6.07 Å². The van der Waals surface area contributed by atoms with E-state index >= 15 is 0 Å². The van der Waals surface area contributed by atoms with Crippen LogP contribution in [0.3, 0.4) is 0 Å². The lowest BCUT2D eigenvalue weighted by Gasteiger charge is -2.11. The number of nitrogens with one attached hydrogen (secondary N) is 2. The molecule has 1 rings (SSSR count). The van der Waals surface area contributed by atoms with Gasteiger partial charge in [0.1, 0.15) is 0 Å². The molecule has 1 aromatic carbocycles. The number of anilines is 1. The molecule has 0 aliphatic rings. The van der Waals surface area contributed by atoms with Gasteiger partial charge in [-0.1, -0.05) is 6.92 Å². The van der Waals surface area contributed by atoms with Crippen LogP contribution in [-0.2, 0) is 4.79 Å². The van der Waals surface area contributed by atoms with Crippen molar-refractivity contribution in [3.63, 3.8) is 0 Å². The molecule has 0 heterocycles. The normalized spacial score (nSPS) is 12.2. The predicted octanol–water partition coefficient (Wildman–Crippen LogP) is 1.76. The van der Waals surface area contributed by atoms with E-state index < -0.39 is 11.6 Å². The first-order valence-electron chi connectivity index (χ1n) is 4.95. The number of rotatable bonds is 4. The molecule has 1 aromatic rings. The highest BCUT2D eigenvalue weighted by molar-refractivity contribution is 5.92. The molecule has 0 aliphatic carbocycles. The van der Waals surface area contributed by atoms with Crippen molar-refractivity contribution in [2.24, 2.45) is 5.92 Å². The number of carbonyl (C=O) groups is 1. The van der Waals surface area contributed by atoms with Crippen LogP contribution in [0.4, 0.5) is 14.5 Å². The molecule has 1 atom stereocenters. The molecule has 0 radical (unpaired) electrons. The second-order valence-corrected chi connectivity index (χ2v) is 3.58. The van der Waals surface area contributed by atoms with Crippen molar-refractivity contribution in [1.29, 1.82) is 0 Å². The molecule has 2 N–H and O–H groups in total. The largest absolute Gasteiger partial charge is 0.326 e. The monoisotopic (exact) mass is 228 g/mol. The van der Waals surface area contributed by atoms with Crippen LogP contribution < -0.4 is 10.6 Å². The minimum Gasteiger partial charge on any atom is -0.326 e. The molecule has 0 aromatic heterocycles. The molecule has 88 valence electrons. The molecule has 1 unspecified atom stereocenters. The summed E-state index contributed by atoms with van der Waals surface area (Å²) in [6.07, 6.45) is 0. The van der Waals surface area contributed by atoms with Gasteiger partial charge < -0.3 is 10.6 Å². The predicted molar refractivity (Wildman–Crippen MR) is 58.1 cm³/mol. The Hall–Kier alpha value is -1.49. The Morgan fingerprint density at radius 2 is 2.06 bits per heavy atom. The van der Waals surface area contributed by atoms with Crippen LogP contribution in [0, 0.1) is 17.6 Å². The minimum atomic E-state index is -0.973. The Morgan fingerprint density at radius 3 is 2.62 bits per heavy atom. The Morgan fingerprint density at radius 1 is 1.38 bits per heavy atom.